The van der Waals surface area contributed by atoms with Crippen molar-refractivity contribution in [1.82, 2.24) is 5.32 Å². The number of nitrogens with one attached hydrogen (secondary N) is 1. The van der Waals surface area contributed by atoms with Crippen LogP contribution in [0.25, 0.3) is 0 Å². The van der Waals surface area contributed by atoms with Gasteiger partial charge in [0.15, 0.2) is 0 Å². The number of aliphatic imine (C=N–C) groups is 1. The molecule has 0 bridgehead atoms. The van der Waals surface area contributed by atoms with Crippen LogP contribution in [0, 0.1) is 10.1 Å². The van der Waals surface area contributed by atoms with Crippen LogP contribution >= 0.6 is 11.3 Å². The third-order valence-corrected chi connectivity index (χ3v) is 5.19. The number of hydrogen-bond acceptors (Lipinski definition) is 6. The van der Waals surface area contributed by atoms with Crippen molar-refractivity contribution in [1.29, 1.82) is 0 Å². The Morgan fingerprint density at radius 2 is 2.08 bits per heavy atom. The Balaban J connectivity index is 1.76. The number of thiophene rings is 1. The lowest BCUT2D eigenvalue weighted by Crippen LogP contribution is -2.35. The summed E-state index contributed by atoms with van der Waals surface area (Å²) in [5, 5.41) is 26.0. The number of phenolic OH excluding ortho intramolecular Hbond substituents is 1. The van der Waals surface area contributed by atoms with Crippen molar-refractivity contribution in [3.05, 3.63) is 50.9 Å². The minimum absolute atomic E-state index is 0.107. The first-order valence-corrected chi connectivity index (χ1v) is 9.32. The Morgan fingerprint density at radius 1 is 1.31 bits per heavy atom. The minimum Gasteiger partial charge on any atom is -0.507 e. The zero-order chi connectivity index (χ0) is 18.5. The van der Waals surface area contributed by atoms with Crippen LogP contribution in [0.4, 0.5) is 10.7 Å². The largest absolute Gasteiger partial charge is 0.507 e. The molecule has 0 unspecified atom stereocenters. The van der Waals surface area contributed by atoms with E-state index in [1.807, 2.05) is 0 Å². The highest BCUT2D eigenvalue weighted by atomic mass is 32.1. The second-order valence-electron chi connectivity index (χ2n) is 6.21. The van der Waals surface area contributed by atoms with E-state index in [4.69, 9.17) is 0 Å². The summed E-state index contributed by atoms with van der Waals surface area (Å²) in [6.45, 7) is 0. The van der Waals surface area contributed by atoms with Gasteiger partial charge in [-0.2, -0.15) is 0 Å². The number of nitrogens with zero attached hydrogens (tertiary/aromatic N) is 2. The lowest BCUT2D eigenvalue weighted by molar-refractivity contribution is -0.384. The van der Waals surface area contributed by atoms with E-state index in [2.05, 4.69) is 10.3 Å². The maximum Gasteiger partial charge on any atom is 0.270 e. The van der Waals surface area contributed by atoms with Gasteiger partial charge in [0.05, 0.1) is 10.5 Å². The fraction of sp³-hybridized carbons (Fsp3) is 0.333. The number of amides is 1. The Bertz CT molecular complexity index is 841. The van der Waals surface area contributed by atoms with Crippen LogP contribution in [-0.4, -0.2) is 28.2 Å². The van der Waals surface area contributed by atoms with Gasteiger partial charge in [0.1, 0.15) is 10.8 Å². The topological polar surface area (TPSA) is 105 Å². The summed E-state index contributed by atoms with van der Waals surface area (Å²) in [5.41, 5.74) is 0.568. The second kappa shape index (κ2) is 8.09. The normalized spacial score (nSPS) is 15.2. The smallest absolute Gasteiger partial charge is 0.270 e. The first-order valence-electron chi connectivity index (χ1n) is 8.44. The number of carbonyl (C=O) groups is 1. The van der Waals surface area contributed by atoms with E-state index in [0.29, 0.717) is 10.6 Å². The van der Waals surface area contributed by atoms with E-state index >= 15 is 0 Å². The fourth-order valence-electron chi connectivity index (χ4n) is 2.97. The molecule has 1 amide bonds. The number of rotatable bonds is 5. The lowest BCUT2D eigenvalue weighted by Gasteiger charge is -2.22. The zero-order valence-electron chi connectivity index (χ0n) is 14.1. The van der Waals surface area contributed by atoms with Crippen molar-refractivity contribution in [2.45, 2.75) is 38.1 Å². The van der Waals surface area contributed by atoms with Crippen molar-refractivity contribution in [3.8, 4) is 5.75 Å². The predicted octanol–water partition coefficient (Wildman–Crippen LogP) is 4.18. The van der Waals surface area contributed by atoms with Crippen molar-refractivity contribution >= 4 is 34.1 Å². The molecule has 1 aromatic heterocycles. The van der Waals surface area contributed by atoms with Gasteiger partial charge in [0.25, 0.3) is 11.6 Å². The van der Waals surface area contributed by atoms with E-state index in [9.17, 15) is 20.0 Å². The van der Waals surface area contributed by atoms with Gasteiger partial charge in [0.2, 0.25) is 0 Å². The summed E-state index contributed by atoms with van der Waals surface area (Å²) in [4.78, 5) is 27.1. The number of hydrogen-bond donors (Lipinski definition) is 2. The third kappa shape index (κ3) is 4.26. The predicted molar refractivity (Wildman–Crippen MR) is 101 cm³/mol. The number of carbonyl (C=O) groups excluding carboxylic acids is 1. The maximum atomic E-state index is 12.5. The number of phenols is 1. The zero-order valence-corrected chi connectivity index (χ0v) is 14.9. The highest BCUT2D eigenvalue weighted by Crippen LogP contribution is 2.28. The molecule has 0 radical (unpaired) electrons. The van der Waals surface area contributed by atoms with Gasteiger partial charge in [-0.15, -0.1) is 11.3 Å². The summed E-state index contributed by atoms with van der Waals surface area (Å²) in [6, 6.07) is 5.64. The van der Waals surface area contributed by atoms with Crippen molar-refractivity contribution in [3.63, 3.8) is 0 Å². The van der Waals surface area contributed by atoms with Gasteiger partial charge < -0.3 is 10.4 Å². The average molecular weight is 373 g/mol. The van der Waals surface area contributed by atoms with Crippen molar-refractivity contribution < 1.29 is 14.8 Å². The molecule has 1 aliphatic rings. The van der Waals surface area contributed by atoms with Crippen LogP contribution in [0.3, 0.4) is 0 Å². The van der Waals surface area contributed by atoms with Crippen molar-refractivity contribution in [2.75, 3.05) is 0 Å². The Hall–Kier alpha value is -2.74. The molecule has 0 saturated heterocycles. The fourth-order valence-corrected chi connectivity index (χ4v) is 3.71. The molecule has 0 spiro atoms. The highest BCUT2D eigenvalue weighted by molar-refractivity contribution is 7.14. The van der Waals surface area contributed by atoms with Crippen molar-refractivity contribution in [2.24, 2.45) is 4.99 Å². The summed E-state index contributed by atoms with van der Waals surface area (Å²) < 4.78 is 0. The number of non-ortho nitro benzene ring substituents is 1. The van der Waals surface area contributed by atoms with Crippen LogP contribution in [0.5, 0.6) is 5.75 Å². The molecular weight excluding hydrogens is 354 g/mol. The van der Waals surface area contributed by atoms with Gasteiger partial charge >= 0.3 is 0 Å². The average Bonchev–Trinajstić information content (AvgIpc) is 3.10. The monoisotopic (exact) mass is 373 g/mol. The van der Waals surface area contributed by atoms with Crippen LogP contribution in [-0.2, 0) is 0 Å². The lowest BCUT2D eigenvalue weighted by atomic mass is 9.95. The molecular formula is C18H19N3O4S. The van der Waals surface area contributed by atoms with Gasteiger partial charge in [0, 0.05) is 30.0 Å². The third-order valence-electron chi connectivity index (χ3n) is 4.37. The summed E-state index contributed by atoms with van der Waals surface area (Å²) in [6.07, 6.45) is 6.81. The van der Waals surface area contributed by atoms with Crippen LogP contribution < -0.4 is 5.32 Å². The van der Waals surface area contributed by atoms with E-state index in [-0.39, 0.29) is 28.9 Å². The first-order chi connectivity index (χ1) is 12.5. The summed E-state index contributed by atoms with van der Waals surface area (Å²) in [5.74, 6) is -0.266. The highest BCUT2D eigenvalue weighted by Gasteiger charge is 2.19. The molecule has 1 heterocycles. The molecule has 0 atom stereocenters. The van der Waals surface area contributed by atoms with Crippen LogP contribution in [0.2, 0.25) is 0 Å². The molecule has 136 valence electrons. The number of benzene rings is 1. The number of nitro groups is 1. The Labute approximate surface area is 154 Å². The van der Waals surface area contributed by atoms with E-state index in [1.54, 1.807) is 11.4 Å². The molecule has 0 aliphatic heterocycles. The van der Waals surface area contributed by atoms with Crippen LogP contribution in [0.15, 0.2) is 34.6 Å². The Kier molecular flexibility index (Phi) is 5.62. The van der Waals surface area contributed by atoms with Gasteiger partial charge in [-0.1, -0.05) is 19.3 Å². The molecule has 1 saturated carbocycles. The number of nitro benzene ring substituents is 1. The van der Waals surface area contributed by atoms with Gasteiger partial charge in [-0.3, -0.25) is 14.9 Å². The summed E-state index contributed by atoms with van der Waals surface area (Å²) in [7, 11) is 0. The van der Waals surface area contributed by atoms with Gasteiger partial charge in [-0.05, 0) is 30.4 Å². The molecule has 8 heteroatoms. The molecule has 2 N–H and O–H groups in total. The van der Waals surface area contributed by atoms with Gasteiger partial charge in [-0.25, -0.2) is 4.99 Å². The molecule has 3 rings (SSSR count). The first kappa shape index (κ1) is 18.1. The SMILES string of the molecule is O=C(NC1CCCCC1)c1ccsc1N=Cc1cc([N+](=O)[O-])ccc1O. The molecule has 2 aromatic rings. The standard InChI is InChI=1S/C18H19N3O4S/c22-16-7-6-14(21(24)25)10-12(16)11-19-18-15(8-9-26-18)17(23)20-13-4-2-1-3-5-13/h6-11,13,22H,1-5H2,(H,20,23). The van der Waals surface area contributed by atoms with E-state index in [1.165, 1.54) is 42.2 Å². The molecule has 1 aliphatic carbocycles. The van der Waals surface area contributed by atoms with E-state index < -0.39 is 4.92 Å². The van der Waals surface area contributed by atoms with E-state index in [0.717, 1.165) is 25.7 Å². The quantitative estimate of drug-likeness (QED) is 0.466. The minimum atomic E-state index is -0.537. The second-order valence-corrected chi connectivity index (χ2v) is 7.10. The molecule has 26 heavy (non-hydrogen) atoms. The molecule has 7 nitrogen and oxygen atoms in total. The van der Waals surface area contributed by atoms with Crippen LogP contribution in [0.1, 0.15) is 48.0 Å². The maximum absolute atomic E-state index is 12.5. The summed E-state index contributed by atoms with van der Waals surface area (Å²) >= 11 is 1.30. The number of aromatic hydroxyl groups is 1. The molecule has 1 aromatic carbocycles. The molecule has 1 fully saturated rings. The Morgan fingerprint density at radius 3 is 2.81 bits per heavy atom.